The molecular weight excluding hydrogens is 212 g/mol. The summed E-state index contributed by atoms with van der Waals surface area (Å²) >= 11 is 0. The van der Waals surface area contributed by atoms with Crippen LogP contribution in [-0.4, -0.2) is 33.4 Å². The standard InChI is InChI=1S/C10H12N2O4/c1-7(13)10-11-5-8(6-12-10)16-4-2-3-9(14)15/h5-6H,2-4H2,1H3,(H,14,15). The first kappa shape index (κ1) is 12.1. The van der Waals surface area contributed by atoms with Crippen LogP contribution >= 0.6 is 0 Å². The van der Waals surface area contributed by atoms with Crippen LogP contribution in [0.1, 0.15) is 30.4 Å². The van der Waals surface area contributed by atoms with Gasteiger partial charge in [-0.1, -0.05) is 0 Å². The summed E-state index contributed by atoms with van der Waals surface area (Å²) in [5.74, 6) is -0.502. The van der Waals surface area contributed by atoms with Crippen molar-refractivity contribution in [3.63, 3.8) is 0 Å². The summed E-state index contributed by atoms with van der Waals surface area (Å²) in [5.41, 5.74) is 0. The number of Topliss-reactive ketones (excluding diaryl/α,β-unsaturated/α-hetero) is 1. The number of aromatic nitrogens is 2. The molecule has 1 aromatic heterocycles. The molecule has 0 aliphatic carbocycles. The molecule has 0 aliphatic heterocycles. The van der Waals surface area contributed by atoms with Crippen LogP contribution in [0, 0.1) is 0 Å². The number of rotatable bonds is 6. The first-order valence-electron chi connectivity index (χ1n) is 4.77. The summed E-state index contributed by atoms with van der Waals surface area (Å²) in [5, 5.41) is 8.39. The average molecular weight is 224 g/mol. The number of ether oxygens (including phenoxy) is 1. The molecule has 0 fully saturated rings. The molecule has 0 spiro atoms. The van der Waals surface area contributed by atoms with Crippen molar-refractivity contribution in [1.29, 1.82) is 0 Å². The Hall–Kier alpha value is -1.98. The third kappa shape index (κ3) is 4.04. The predicted molar refractivity (Wildman–Crippen MR) is 54.4 cm³/mol. The summed E-state index contributed by atoms with van der Waals surface area (Å²) in [4.78, 5) is 28.7. The van der Waals surface area contributed by atoms with E-state index in [1.807, 2.05) is 0 Å². The lowest BCUT2D eigenvalue weighted by atomic mass is 10.3. The van der Waals surface area contributed by atoms with Crippen LogP contribution in [0.3, 0.4) is 0 Å². The van der Waals surface area contributed by atoms with Crippen molar-refractivity contribution in [3.8, 4) is 5.75 Å². The van der Waals surface area contributed by atoms with E-state index in [2.05, 4.69) is 9.97 Å². The normalized spacial score (nSPS) is 9.81. The Balaban J connectivity index is 2.38. The van der Waals surface area contributed by atoms with Crippen LogP contribution in [0.25, 0.3) is 0 Å². The fourth-order valence-corrected chi connectivity index (χ4v) is 0.986. The first-order chi connectivity index (χ1) is 7.59. The zero-order chi connectivity index (χ0) is 12.0. The van der Waals surface area contributed by atoms with E-state index >= 15 is 0 Å². The van der Waals surface area contributed by atoms with Crippen molar-refractivity contribution in [2.24, 2.45) is 0 Å². The quantitative estimate of drug-likeness (QED) is 0.571. The zero-order valence-corrected chi connectivity index (χ0v) is 8.84. The molecule has 86 valence electrons. The van der Waals surface area contributed by atoms with Gasteiger partial charge in [-0.05, 0) is 6.42 Å². The van der Waals surface area contributed by atoms with Crippen molar-refractivity contribution < 1.29 is 19.4 Å². The molecule has 6 nitrogen and oxygen atoms in total. The lowest BCUT2D eigenvalue weighted by Crippen LogP contribution is -2.04. The highest BCUT2D eigenvalue weighted by atomic mass is 16.5. The molecule has 6 heteroatoms. The number of ketones is 1. The highest BCUT2D eigenvalue weighted by molar-refractivity contribution is 5.90. The van der Waals surface area contributed by atoms with Crippen LogP contribution < -0.4 is 4.74 Å². The van der Waals surface area contributed by atoms with Crippen molar-refractivity contribution in [1.82, 2.24) is 9.97 Å². The second-order valence-electron chi connectivity index (χ2n) is 3.14. The van der Waals surface area contributed by atoms with Gasteiger partial charge in [0, 0.05) is 13.3 Å². The first-order valence-corrected chi connectivity index (χ1v) is 4.77. The van der Waals surface area contributed by atoms with Gasteiger partial charge in [0.1, 0.15) is 0 Å². The highest BCUT2D eigenvalue weighted by Gasteiger charge is 2.03. The molecule has 0 aromatic carbocycles. The minimum atomic E-state index is -0.855. The molecule has 0 radical (unpaired) electrons. The predicted octanol–water partition coefficient (Wildman–Crippen LogP) is 0.923. The van der Waals surface area contributed by atoms with E-state index in [9.17, 15) is 9.59 Å². The average Bonchev–Trinajstić information content (AvgIpc) is 2.25. The van der Waals surface area contributed by atoms with Crippen molar-refractivity contribution in [3.05, 3.63) is 18.2 Å². The van der Waals surface area contributed by atoms with Gasteiger partial charge < -0.3 is 9.84 Å². The van der Waals surface area contributed by atoms with Gasteiger partial charge in [0.05, 0.1) is 19.0 Å². The topological polar surface area (TPSA) is 89.4 Å². The van der Waals surface area contributed by atoms with Crippen LogP contribution in [0.5, 0.6) is 5.75 Å². The Kier molecular flexibility index (Phi) is 4.38. The van der Waals surface area contributed by atoms with E-state index < -0.39 is 5.97 Å². The van der Waals surface area contributed by atoms with E-state index in [1.54, 1.807) is 0 Å². The molecule has 0 amide bonds. The van der Waals surface area contributed by atoms with Gasteiger partial charge in [-0.3, -0.25) is 9.59 Å². The largest absolute Gasteiger partial charge is 0.490 e. The second-order valence-corrected chi connectivity index (χ2v) is 3.14. The highest BCUT2D eigenvalue weighted by Crippen LogP contribution is 2.07. The molecule has 0 atom stereocenters. The Morgan fingerprint density at radius 3 is 2.50 bits per heavy atom. The van der Waals surface area contributed by atoms with Crippen molar-refractivity contribution >= 4 is 11.8 Å². The lowest BCUT2D eigenvalue weighted by Gasteiger charge is -2.03. The minimum Gasteiger partial charge on any atom is -0.490 e. The summed E-state index contributed by atoms with van der Waals surface area (Å²) in [6.07, 6.45) is 3.27. The number of hydrogen-bond donors (Lipinski definition) is 1. The Morgan fingerprint density at radius 2 is 2.00 bits per heavy atom. The summed E-state index contributed by atoms with van der Waals surface area (Å²) in [6.45, 7) is 1.66. The van der Waals surface area contributed by atoms with E-state index in [1.165, 1.54) is 19.3 Å². The maximum atomic E-state index is 10.9. The van der Waals surface area contributed by atoms with Crippen LogP contribution in [0.15, 0.2) is 12.4 Å². The number of nitrogens with zero attached hydrogens (tertiary/aromatic N) is 2. The van der Waals surface area contributed by atoms with Crippen LogP contribution in [-0.2, 0) is 4.79 Å². The summed E-state index contributed by atoms with van der Waals surface area (Å²) in [6, 6.07) is 0. The molecule has 1 N–H and O–H groups in total. The molecule has 0 unspecified atom stereocenters. The number of carboxylic acids is 1. The maximum absolute atomic E-state index is 10.9. The number of carboxylic acid groups (broad SMARTS) is 1. The number of aliphatic carboxylic acids is 1. The Morgan fingerprint density at radius 1 is 1.38 bits per heavy atom. The van der Waals surface area contributed by atoms with Crippen LogP contribution in [0.2, 0.25) is 0 Å². The molecule has 0 saturated carbocycles. The van der Waals surface area contributed by atoms with Gasteiger partial charge in [0.25, 0.3) is 0 Å². The number of carbonyl (C=O) groups excluding carboxylic acids is 1. The molecule has 0 bridgehead atoms. The van der Waals surface area contributed by atoms with Crippen LogP contribution in [0.4, 0.5) is 0 Å². The van der Waals surface area contributed by atoms with Gasteiger partial charge >= 0.3 is 5.97 Å². The molecule has 1 aromatic rings. The van der Waals surface area contributed by atoms with Gasteiger partial charge in [-0.15, -0.1) is 0 Å². The second kappa shape index (κ2) is 5.79. The third-order valence-electron chi connectivity index (χ3n) is 1.75. The number of hydrogen-bond acceptors (Lipinski definition) is 5. The molecule has 1 heterocycles. The molecule has 0 aliphatic rings. The Labute approximate surface area is 92.3 Å². The third-order valence-corrected chi connectivity index (χ3v) is 1.75. The fourth-order valence-electron chi connectivity index (χ4n) is 0.986. The van der Waals surface area contributed by atoms with Gasteiger partial charge in [-0.25, -0.2) is 9.97 Å². The number of carbonyl (C=O) groups is 2. The minimum absolute atomic E-state index is 0.0619. The molecule has 0 saturated heterocycles. The SMILES string of the molecule is CC(=O)c1ncc(OCCCC(=O)O)cn1. The molecular formula is C10H12N2O4. The van der Waals surface area contributed by atoms with Gasteiger partial charge in [0.2, 0.25) is 0 Å². The summed E-state index contributed by atoms with van der Waals surface area (Å²) in [7, 11) is 0. The lowest BCUT2D eigenvalue weighted by molar-refractivity contribution is -0.137. The summed E-state index contributed by atoms with van der Waals surface area (Å²) < 4.78 is 5.19. The van der Waals surface area contributed by atoms with E-state index in [4.69, 9.17) is 9.84 Å². The smallest absolute Gasteiger partial charge is 0.303 e. The monoisotopic (exact) mass is 224 g/mol. The fraction of sp³-hybridized carbons (Fsp3) is 0.400. The maximum Gasteiger partial charge on any atom is 0.303 e. The van der Waals surface area contributed by atoms with Crippen molar-refractivity contribution in [2.75, 3.05) is 6.61 Å². The Bertz CT molecular complexity index is 375. The van der Waals surface area contributed by atoms with E-state index in [0.717, 1.165) is 0 Å². The van der Waals surface area contributed by atoms with Gasteiger partial charge in [0.15, 0.2) is 17.4 Å². The van der Waals surface area contributed by atoms with Crippen molar-refractivity contribution in [2.45, 2.75) is 19.8 Å². The molecule has 16 heavy (non-hydrogen) atoms. The van der Waals surface area contributed by atoms with Gasteiger partial charge in [-0.2, -0.15) is 0 Å². The zero-order valence-electron chi connectivity index (χ0n) is 8.84. The molecule has 1 rings (SSSR count). The van der Waals surface area contributed by atoms with E-state index in [0.29, 0.717) is 12.2 Å². The van der Waals surface area contributed by atoms with E-state index in [-0.39, 0.29) is 24.6 Å².